The molecule has 0 heterocycles. The molecule has 3 aromatic rings. The van der Waals surface area contributed by atoms with Gasteiger partial charge in [-0.2, -0.15) is 0 Å². The number of anilines is 1. The molecule has 31 heavy (non-hydrogen) atoms. The first-order valence-electron chi connectivity index (χ1n) is 9.51. The monoisotopic (exact) mass is 439 g/mol. The van der Waals surface area contributed by atoms with E-state index in [0.29, 0.717) is 13.0 Å². The van der Waals surface area contributed by atoms with Crippen molar-refractivity contribution in [2.45, 2.75) is 11.3 Å². The van der Waals surface area contributed by atoms with E-state index in [-0.39, 0.29) is 5.69 Å². The SMILES string of the molecule is O=C(CN(c1ccccc1)S(=O)(=O)c1ccccc1[N+](=O)[O-])NCCc1ccccc1. The highest BCUT2D eigenvalue weighted by Gasteiger charge is 2.32. The third kappa shape index (κ3) is 5.46. The quantitative estimate of drug-likeness (QED) is 0.407. The first kappa shape index (κ1) is 22.0. The van der Waals surface area contributed by atoms with E-state index < -0.39 is 38.0 Å². The van der Waals surface area contributed by atoms with Crippen LogP contribution in [-0.2, 0) is 21.2 Å². The second kappa shape index (κ2) is 9.86. The van der Waals surface area contributed by atoms with Crippen LogP contribution in [-0.4, -0.2) is 32.3 Å². The average Bonchev–Trinajstić information content (AvgIpc) is 2.78. The maximum Gasteiger partial charge on any atom is 0.289 e. The van der Waals surface area contributed by atoms with E-state index in [1.807, 2.05) is 30.3 Å². The van der Waals surface area contributed by atoms with E-state index in [9.17, 15) is 23.3 Å². The van der Waals surface area contributed by atoms with Gasteiger partial charge in [-0.1, -0.05) is 60.7 Å². The number of rotatable bonds is 9. The zero-order valence-corrected chi connectivity index (χ0v) is 17.4. The van der Waals surface area contributed by atoms with E-state index in [2.05, 4.69) is 5.32 Å². The second-order valence-corrected chi connectivity index (χ2v) is 8.49. The molecule has 3 aromatic carbocycles. The Bertz CT molecular complexity index is 1150. The fourth-order valence-corrected chi connectivity index (χ4v) is 4.61. The maximum atomic E-state index is 13.3. The van der Waals surface area contributed by atoms with Gasteiger partial charge in [0.15, 0.2) is 4.90 Å². The van der Waals surface area contributed by atoms with E-state index in [0.717, 1.165) is 22.0 Å². The summed E-state index contributed by atoms with van der Waals surface area (Å²) in [5.41, 5.74) is 0.724. The summed E-state index contributed by atoms with van der Waals surface area (Å²) in [6.07, 6.45) is 0.592. The number of nitrogens with zero attached hydrogens (tertiary/aromatic N) is 2. The number of carbonyl (C=O) groups is 1. The lowest BCUT2D eigenvalue weighted by Crippen LogP contribution is -2.41. The first-order valence-corrected chi connectivity index (χ1v) is 11.0. The summed E-state index contributed by atoms with van der Waals surface area (Å²) >= 11 is 0. The molecule has 160 valence electrons. The highest BCUT2D eigenvalue weighted by molar-refractivity contribution is 7.93. The topological polar surface area (TPSA) is 110 Å². The molecule has 0 aliphatic heterocycles. The molecule has 0 aliphatic rings. The van der Waals surface area contributed by atoms with Gasteiger partial charge in [-0.15, -0.1) is 0 Å². The summed E-state index contributed by atoms with van der Waals surface area (Å²) in [6, 6.07) is 22.7. The molecule has 0 saturated heterocycles. The van der Waals surface area contributed by atoms with Gasteiger partial charge >= 0.3 is 0 Å². The Kier molecular flexibility index (Phi) is 6.99. The third-order valence-corrected chi connectivity index (χ3v) is 6.36. The Morgan fingerprint density at radius 1 is 0.903 bits per heavy atom. The summed E-state index contributed by atoms with van der Waals surface area (Å²) in [7, 11) is -4.37. The van der Waals surface area contributed by atoms with Crippen LogP contribution < -0.4 is 9.62 Å². The molecule has 1 amide bonds. The zero-order chi connectivity index (χ0) is 22.3. The van der Waals surface area contributed by atoms with Gasteiger partial charge < -0.3 is 5.32 Å². The second-order valence-electron chi connectivity index (χ2n) is 6.66. The van der Waals surface area contributed by atoms with Gasteiger partial charge in [-0.25, -0.2) is 8.42 Å². The lowest BCUT2D eigenvalue weighted by molar-refractivity contribution is -0.387. The first-order chi connectivity index (χ1) is 14.9. The van der Waals surface area contributed by atoms with Crippen LogP contribution >= 0.6 is 0 Å². The van der Waals surface area contributed by atoms with Gasteiger partial charge in [-0.3, -0.25) is 19.2 Å². The van der Waals surface area contributed by atoms with Crippen molar-refractivity contribution in [1.82, 2.24) is 5.32 Å². The Labute approximate surface area is 180 Å². The maximum absolute atomic E-state index is 13.3. The van der Waals surface area contributed by atoms with Gasteiger partial charge in [-0.05, 0) is 30.2 Å². The van der Waals surface area contributed by atoms with Crippen LogP contribution in [0.5, 0.6) is 0 Å². The predicted octanol–water partition coefficient (Wildman–Crippen LogP) is 3.15. The number of hydrogen-bond donors (Lipinski definition) is 1. The van der Waals surface area contributed by atoms with Gasteiger partial charge in [0.1, 0.15) is 6.54 Å². The number of nitro benzene ring substituents is 1. The summed E-state index contributed by atoms with van der Waals surface area (Å²) in [5, 5.41) is 14.1. The standard InChI is InChI=1S/C22H21N3O5S/c26-22(23-16-15-18-9-3-1-4-10-18)17-24(19-11-5-2-6-12-19)31(29,30)21-14-8-7-13-20(21)25(27)28/h1-14H,15-17H2,(H,23,26). The average molecular weight is 439 g/mol. The predicted molar refractivity (Wildman–Crippen MR) is 117 cm³/mol. The molecule has 0 fully saturated rings. The minimum atomic E-state index is -4.37. The molecule has 0 bridgehead atoms. The summed E-state index contributed by atoms with van der Waals surface area (Å²) in [5.74, 6) is -0.512. The number of benzene rings is 3. The van der Waals surface area contributed by atoms with Crippen molar-refractivity contribution in [3.05, 3.63) is 101 Å². The van der Waals surface area contributed by atoms with Crippen molar-refractivity contribution in [2.75, 3.05) is 17.4 Å². The molecule has 0 aromatic heterocycles. The van der Waals surface area contributed by atoms with Crippen molar-refractivity contribution in [1.29, 1.82) is 0 Å². The zero-order valence-electron chi connectivity index (χ0n) is 16.5. The van der Waals surface area contributed by atoms with Crippen LogP contribution in [0.15, 0.2) is 89.8 Å². The molecular formula is C22H21N3O5S. The van der Waals surface area contributed by atoms with E-state index in [1.165, 1.54) is 24.3 Å². The molecule has 1 N–H and O–H groups in total. The third-order valence-electron chi connectivity index (χ3n) is 4.54. The van der Waals surface area contributed by atoms with Crippen molar-refractivity contribution in [2.24, 2.45) is 0 Å². The Balaban J connectivity index is 1.84. The largest absolute Gasteiger partial charge is 0.354 e. The number of carbonyl (C=O) groups excluding carboxylic acids is 1. The molecule has 0 saturated carbocycles. The van der Waals surface area contributed by atoms with Crippen LogP contribution in [0.3, 0.4) is 0 Å². The summed E-state index contributed by atoms with van der Waals surface area (Å²) < 4.78 is 27.5. The Morgan fingerprint density at radius 2 is 1.48 bits per heavy atom. The molecule has 0 radical (unpaired) electrons. The van der Waals surface area contributed by atoms with Crippen LogP contribution in [0.2, 0.25) is 0 Å². The molecule has 0 atom stereocenters. The van der Waals surface area contributed by atoms with Crippen LogP contribution in [0.25, 0.3) is 0 Å². The lowest BCUT2D eigenvalue weighted by atomic mass is 10.1. The van der Waals surface area contributed by atoms with Crippen LogP contribution in [0.4, 0.5) is 11.4 Å². The lowest BCUT2D eigenvalue weighted by Gasteiger charge is -2.24. The molecule has 0 unspecified atom stereocenters. The fourth-order valence-electron chi connectivity index (χ4n) is 3.03. The number of sulfonamides is 1. The highest BCUT2D eigenvalue weighted by Crippen LogP contribution is 2.29. The van der Waals surface area contributed by atoms with E-state index in [1.54, 1.807) is 18.2 Å². The van der Waals surface area contributed by atoms with Gasteiger partial charge in [0.2, 0.25) is 5.91 Å². The van der Waals surface area contributed by atoms with Gasteiger partial charge in [0, 0.05) is 12.6 Å². The molecule has 3 rings (SSSR count). The smallest absolute Gasteiger partial charge is 0.289 e. The summed E-state index contributed by atoms with van der Waals surface area (Å²) in [6.45, 7) is -0.176. The van der Waals surface area contributed by atoms with Crippen molar-refractivity contribution < 1.29 is 18.1 Å². The van der Waals surface area contributed by atoms with Crippen molar-refractivity contribution >= 4 is 27.3 Å². The van der Waals surface area contributed by atoms with Gasteiger partial charge in [0.25, 0.3) is 15.7 Å². The molecule has 9 heteroatoms. The van der Waals surface area contributed by atoms with E-state index in [4.69, 9.17) is 0 Å². The number of nitro groups is 1. The van der Waals surface area contributed by atoms with E-state index >= 15 is 0 Å². The number of nitrogens with one attached hydrogen (secondary N) is 1. The minimum Gasteiger partial charge on any atom is -0.354 e. The van der Waals surface area contributed by atoms with Crippen LogP contribution in [0.1, 0.15) is 5.56 Å². The molecule has 8 nitrogen and oxygen atoms in total. The van der Waals surface area contributed by atoms with Gasteiger partial charge in [0.05, 0.1) is 10.6 Å². The number of hydrogen-bond acceptors (Lipinski definition) is 5. The summed E-state index contributed by atoms with van der Waals surface area (Å²) in [4.78, 5) is 22.7. The molecule has 0 spiro atoms. The van der Waals surface area contributed by atoms with Crippen LogP contribution in [0, 0.1) is 10.1 Å². The number of amides is 1. The molecular weight excluding hydrogens is 418 g/mol. The minimum absolute atomic E-state index is 0.235. The van der Waals surface area contributed by atoms with Crippen molar-refractivity contribution in [3.8, 4) is 0 Å². The fraction of sp³-hybridized carbons (Fsp3) is 0.136. The van der Waals surface area contributed by atoms with Crippen molar-refractivity contribution in [3.63, 3.8) is 0 Å². The Morgan fingerprint density at radius 3 is 2.13 bits per heavy atom. The normalized spacial score (nSPS) is 11.0. The Hall–Kier alpha value is -3.72. The highest BCUT2D eigenvalue weighted by atomic mass is 32.2. The number of para-hydroxylation sites is 2. The molecule has 0 aliphatic carbocycles.